The minimum absolute atomic E-state index is 0.142. The van der Waals surface area contributed by atoms with E-state index in [1.165, 1.54) is 15.8 Å². The summed E-state index contributed by atoms with van der Waals surface area (Å²) in [6.07, 6.45) is 5.67. The summed E-state index contributed by atoms with van der Waals surface area (Å²) < 4.78 is 0. The topological polar surface area (TPSA) is 52.6 Å². The number of amides is 1. The molecular formula is C21H31N5OS. The molecule has 1 amide bonds. The van der Waals surface area contributed by atoms with Gasteiger partial charge in [0.2, 0.25) is 5.91 Å². The number of aromatic nitrogens is 2. The summed E-state index contributed by atoms with van der Waals surface area (Å²) in [7, 11) is 4.17. The second kappa shape index (κ2) is 7.95. The van der Waals surface area contributed by atoms with E-state index in [9.17, 15) is 4.79 Å². The standard InChI is InChI=1S/C21H31N5OS/c1-14-15(2)28-20-18(14)19(22-13-23-20)26-11-5-16(6-12-26)21(27)25(4)17-7-9-24(3)10-8-17/h13,16-17H,5-12H2,1-4H3. The number of carbonyl (C=O) groups excluding carboxylic acids is 1. The summed E-state index contributed by atoms with van der Waals surface area (Å²) in [5.41, 5.74) is 1.29. The van der Waals surface area contributed by atoms with E-state index in [1.54, 1.807) is 17.7 Å². The second-order valence-corrected chi connectivity index (χ2v) is 9.61. The van der Waals surface area contributed by atoms with Crippen LogP contribution >= 0.6 is 11.3 Å². The van der Waals surface area contributed by atoms with Gasteiger partial charge in [-0.05, 0) is 65.2 Å². The molecular weight excluding hydrogens is 370 g/mol. The number of hydrogen-bond donors (Lipinski definition) is 0. The third-order valence-electron chi connectivity index (χ3n) is 6.67. The first-order valence-electron chi connectivity index (χ1n) is 10.4. The van der Waals surface area contributed by atoms with Gasteiger partial charge in [-0.25, -0.2) is 9.97 Å². The van der Waals surface area contributed by atoms with Crippen molar-refractivity contribution in [3.8, 4) is 0 Å². The molecule has 4 rings (SSSR count). The van der Waals surface area contributed by atoms with Crippen molar-refractivity contribution in [2.45, 2.75) is 45.6 Å². The fourth-order valence-electron chi connectivity index (χ4n) is 4.59. The molecule has 2 aromatic heterocycles. The van der Waals surface area contributed by atoms with E-state index < -0.39 is 0 Å². The summed E-state index contributed by atoms with van der Waals surface area (Å²) >= 11 is 1.74. The van der Waals surface area contributed by atoms with Crippen LogP contribution < -0.4 is 4.90 Å². The van der Waals surface area contributed by atoms with Gasteiger partial charge in [-0.2, -0.15) is 0 Å². The zero-order valence-corrected chi connectivity index (χ0v) is 18.3. The molecule has 2 saturated heterocycles. The van der Waals surface area contributed by atoms with Crippen LogP contribution in [0.4, 0.5) is 5.82 Å². The molecule has 0 aromatic carbocycles. The summed E-state index contributed by atoms with van der Waals surface area (Å²) in [5.74, 6) is 1.52. The van der Waals surface area contributed by atoms with Crippen molar-refractivity contribution < 1.29 is 4.79 Å². The molecule has 0 bridgehead atoms. The van der Waals surface area contributed by atoms with Crippen molar-refractivity contribution in [1.82, 2.24) is 19.8 Å². The summed E-state index contributed by atoms with van der Waals surface area (Å²) in [5, 5.41) is 1.19. The third kappa shape index (κ3) is 3.62. The first-order valence-corrected chi connectivity index (χ1v) is 11.2. The van der Waals surface area contributed by atoms with Gasteiger partial charge < -0.3 is 14.7 Å². The Morgan fingerprint density at radius 3 is 2.46 bits per heavy atom. The molecule has 0 N–H and O–H groups in total. The predicted octanol–water partition coefficient (Wildman–Crippen LogP) is 3.08. The first kappa shape index (κ1) is 19.6. The summed E-state index contributed by atoms with van der Waals surface area (Å²) in [4.78, 5) is 31.3. The van der Waals surface area contributed by atoms with E-state index >= 15 is 0 Å². The van der Waals surface area contributed by atoms with E-state index in [0.717, 1.165) is 62.5 Å². The number of aryl methyl sites for hydroxylation is 2. The van der Waals surface area contributed by atoms with Crippen LogP contribution in [0.5, 0.6) is 0 Å². The maximum atomic E-state index is 13.1. The van der Waals surface area contributed by atoms with Gasteiger partial charge in [0.1, 0.15) is 17.0 Å². The lowest BCUT2D eigenvalue weighted by Gasteiger charge is -2.39. The first-order chi connectivity index (χ1) is 13.5. The SMILES string of the molecule is Cc1sc2ncnc(N3CCC(C(=O)N(C)C4CCN(C)CC4)CC3)c2c1C. The van der Waals surface area contributed by atoms with Gasteiger partial charge in [-0.3, -0.25) is 4.79 Å². The normalized spacial score (nSPS) is 20.1. The average Bonchev–Trinajstić information content (AvgIpc) is 3.01. The Morgan fingerprint density at radius 1 is 1.11 bits per heavy atom. The highest BCUT2D eigenvalue weighted by molar-refractivity contribution is 7.18. The molecule has 0 radical (unpaired) electrons. The van der Waals surface area contributed by atoms with Gasteiger partial charge in [-0.15, -0.1) is 11.3 Å². The van der Waals surface area contributed by atoms with Crippen molar-refractivity contribution in [2.75, 3.05) is 45.2 Å². The van der Waals surface area contributed by atoms with Crippen LogP contribution in [0.2, 0.25) is 0 Å². The lowest BCUT2D eigenvalue weighted by atomic mass is 9.93. The highest BCUT2D eigenvalue weighted by Gasteiger charge is 2.32. The minimum atomic E-state index is 0.142. The van der Waals surface area contributed by atoms with Crippen LogP contribution in [0.25, 0.3) is 10.2 Å². The number of piperidine rings is 2. The Labute approximate surface area is 171 Å². The molecule has 2 aliphatic rings. The van der Waals surface area contributed by atoms with Crippen LogP contribution in [0, 0.1) is 19.8 Å². The highest BCUT2D eigenvalue weighted by atomic mass is 32.1. The Balaban J connectivity index is 1.42. The molecule has 0 atom stereocenters. The van der Waals surface area contributed by atoms with Crippen LogP contribution in [-0.4, -0.2) is 72.0 Å². The fraction of sp³-hybridized carbons (Fsp3) is 0.667. The van der Waals surface area contributed by atoms with Crippen molar-refractivity contribution in [2.24, 2.45) is 5.92 Å². The number of fused-ring (bicyclic) bond motifs is 1. The second-order valence-electron chi connectivity index (χ2n) is 8.41. The molecule has 28 heavy (non-hydrogen) atoms. The number of rotatable bonds is 3. The maximum Gasteiger partial charge on any atom is 0.225 e. The van der Waals surface area contributed by atoms with Crippen LogP contribution in [0.3, 0.4) is 0 Å². The summed E-state index contributed by atoms with van der Waals surface area (Å²) in [6.45, 7) is 8.26. The molecule has 0 unspecified atom stereocenters. The molecule has 0 aliphatic carbocycles. The average molecular weight is 402 g/mol. The molecule has 152 valence electrons. The Morgan fingerprint density at radius 2 is 1.79 bits per heavy atom. The number of carbonyl (C=O) groups is 1. The lowest BCUT2D eigenvalue weighted by Crippen LogP contribution is -2.48. The molecule has 2 aromatic rings. The van der Waals surface area contributed by atoms with E-state index in [-0.39, 0.29) is 5.92 Å². The highest BCUT2D eigenvalue weighted by Crippen LogP contribution is 2.35. The van der Waals surface area contributed by atoms with Gasteiger partial charge in [0.05, 0.1) is 5.39 Å². The number of anilines is 1. The smallest absolute Gasteiger partial charge is 0.225 e. The Kier molecular flexibility index (Phi) is 5.56. The van der Waals surface area contributed by atoms with Gasteiger partial charge >= 0.3 is 0 Å². The molecule has 2 fully saturated rings. The predicted molar refractivity (Wildman–Crippen MR) is 115 cm³/mol. The van der Waals surface area contributed by atoms with Crippen molar-refractivity contribution >= 4 is 33.3 Å². The van der Waals surface area contributed by atoms with Gasteiger partial charge in [-0.1, -0.05) is 0 Å². The van der Waals surface area contributed by atoms with Crippen molar-refractivity contribution in [3.05, 3.63) is 16.8 Å². The van der Waals surface area contributed by atoms with E-state index in [0.29, 0.717) is 11.9 Å². The number of likely N-dealkylation sites (tertiary alicyclic amines) is 1. The van der Waals surface area contributed by atoms with Crippen molar-refractivity contribution in [1.29, 1.82) is 0 Å². The van der Waals surface area contributed by atoms with E-state index in [2.05, 4.69) is 40.7 Å². The fourth-order valence-corrected chi connectivity index (χ4v) is 5.58. The number of thiophene rings is 1. The molecule has 0 saturated carbocycles. The third-order valence-corrected chi connectivity index (χ3v) is 7.79. The molecule has 2 aliphatic heterocycles. The lowest BCUT2D eigenvalue weighted by molar-refractivity contribution is -0.137. The quantitative estimate of drug-likeness (QED) is 0.791. The van der Waals surface area contributed by atoms with Crippen LogP contribution in [0.1, 0.15) is 36.1 Å². The molecule has 7 heteroatoms. The molecule has 6 nitrogen and oxygen atoms in total. The maximum absolute atomic E-state index is 13.1. The van der Waals surface area contributed by atoms with Gasteiger partial charge in [0, 0.05) is 37.0 Å². The Bertz CT molecular complexity index is 850. The van der Waals surface area contributed by atoms with Gasteiger partial charge in [0.25, 0.3) is 0 Å². The van der Waals surface area contributed by atoms with Crippen LogP contribution in [-0.2, 0) is 4.79 Å². The molecule has 4 heterocycles. The van der Waals surface area contributed by atoms with Crippen molar-refractivity contribution in [3.63, 3.8) is 0 Å². The van der Waals surface area contributed by atoms with Gasteiger partial charge in [0.15, 0.2) is 0 Å². The minimum Gasteiger partial charge on any atom is -0.356 e. The number of hydrogen-bond acceptors (Lipinski definition) is 6. The molecule has 0 spiro atoms. The van der Waals surface area contributed by atoms with E-state index in [4.69, 9.17) is 0 Å². The monoisotopic (exact) mass is 401 g/mol. The zero-order chi connectivity index (χ0) is 19.8. The largest absolute Gasteiger partial charge is 0.356 e. The zero-order valence-electron chi connectivity index (χ0n) is 17.4. The Hall–Kier alpha value is -1.73. The number of nitrogens with zero attached hydrogens (tertiary/aromatic N) is 5. The van der Waals surface area contributed by atoms with Crippen LogP contribution in [0.15, 0.2) is 6.33 Å². The summed E-state index contributed by atoms with van der Waals surface area (Å²) in [6, 6.07) is 0.402. The van der Waals surface area contributed by atoms with E-state index in [1.807, 2.05) is 11.9 Å².